The minimum atomic E-state index is -3.74. The van der Waals surface area contributed by atoms with Gasteiger partial charge in [-0.15, -0.1) is 0 Å². The second-order valence-corrected chi connectivity index (χ2v) is 5.79. The molecule has 3 N–H and O–H groups in total. The second-order valence-electron chi connectivity index (χ2n) is 4.26. The third-order valence-electron chi connectivity index (χ3n) is 3.15. The first-order chi connectivity index (χ1) is 7.91. The number of hydrogen-bond donors (Lipinski definition) is 2. The lowest BCUT2D eigenvalue weighted by Crippen LogP contribution is -2.20. The van der Waals surface area contributed by atoms with E-state index in [-0.39, 0.29) is 23.3 Å². The second kappa shape index (κ2) is 5.62. The fourth-order valence-electron chi connectivity index (χ4n) is 1.92. The minimum Gasteiger partial charge on any atom is -0.396 e. The average Bonchev–Trinajstić information content (AvgIpc) is 2.29. The highest BCUT2D eigenvalue weighted by Crippen LogP contribution is 2.30. The number of benzene rings is 1. The molecule has 0 heterocycles. The molecular weight excluding hydrogens is 238 g/mol. The van der Waals surface area contributed by atoms with Gasteiger partial charge in [0.2, 0.25) is 10.0 Å². The molecule has 96 valence electrons. The van der Waals surface area contributed by atoms with E-state index in [1.54, 1.807) is 18.2 Å². The molecule has 0 bridgehead atoms. The Morgan fingerprint density at radius 1 is 1.35 bits per heavy atom. The zero-order valence-corrected chi connectivity index (χ0v) is 10.9. The van der Waals surface area contributed by atoms with Crippen molar-refractivity contribution in [3.05, 3.63) is 29.8 Å². The Bertz CT molecular complexity index is 470. The van der Waals surface area contributed by atoms with Gasteiger partial charge >= 0.3 is 0 Å². The van der Waals surface area contributed by atoms with E-state index in [4.69, 9.17) is 5.14 Å². The highest BCUT2D eigenvalue weighted by Gasteiger charge is 2.23. The van der Waals surface area contributed by atoms with E-state index in [9.17, 15) is 13.5 Å². The van der Waals surface area contributed by atoms with E-state index in [1.807, 2.05) is 13.8 Å². The predicted molar refractivity (Wildman–Crippen MR) is 67.1 cm³/mol. The summed E-state index contributed by atoms with van der Waals surface area (Å²) >= 11 is 0. The van der Waals surface area contributed by atoms with Crippen LogP contribution in [0, 0.1) is 5.92 Å². The number of rotatable bonds is 5. The van der Waals surface area contributed by atoms with Crippen LogP contribution in [0.25, 0.3) is 0 Å². The first-order valence-electron chi connectivity index (χ1n) is 5.64. The quantitative estimate of drug-likeness (QED) is 0.838. The van der Waals surface area contributed by atoms with Gasteiger partial charge in [0.05, 0.1) is 11.5 Å². The number of sulfonamides is 1. The van der Waals surface area contributed by atoms with Crippen LogP contribution in [0.15, 0.2) is 29.2 Å². The van der Waals surface area contributed by atoms with Crippen LogP contribution < -0.4 is 5.14 Å². The molecule has 0 aliphatic rings. The highest BCUT2D eigenvalue weighted by atomic mass is 32.2. The zero-order valence-electron chi connectivity index (χ0n) is 10.1. The summed E-state index contributed by atoms with van der Waals surface area (Å²) in [4.78, 5) is 0.111. The normalized spacial score (nSPS) is 15.5. The van der Waals surface area contributed by atoms with Crippen molar-refractivity contribution < 1.29 is 13.5 Å². The molecule has 0 saturated heterocycles. The smallest absolute Gasteiger partial charge is 0.238 e. The summed E-state index contributed by atoms with van der Waals surface area (Å²) in [6, 6.07) is 6.59. The number of primary sulfonamides is 1. The Balaban J connectivity index is 3.30. The van der Waals surface area contributed by atoms with E-state index in [2.05, 4.69) is 0 Å². The van der Waals surface area contributed by atoms with Crippen molar-refractivity contribution in [2.24, 2.45) is 11.1 Å². The summed E-state index contributed by atoms with van der Waals surface area (Å²) in [6.45, 7) is 3.91. The van der Waals surface area contributed by atoms with Crippen molar-refractivity contribution in [3.63, 3.8) is 0 Å². The number of aliphatic hydroxyl groups is 1. The maximum atomic E-state index is 11.5. The fourth-order valence-corrected chi connectivity index (χ4v) is 2.73. The Hall–Kier alpha value is -0.910. The van der Waals surface area contributed by atoms with Gasteiger partial charge in [0.1, 0.15) is 0 Å². The van der Waals surface area contributed by atoms with E-state index in [0.29, 0.717) is 5.56 Å². The molecule has 5 heteroatoms. The van der Waals surface area contributed by atoms with Gasteiger partial charge < -0.3 is 5.11 Å². The van der Waals surface area contributed by atoms with Gasteiger partial charge in [-0.25, -0.2) is 13.6 Å². The molecule has 2 atom stereocenters. The van der Waals surface area contributed by atoms with Crippen LogP contribution >= 0.6 is 0 Å². The number of nitrogens with two attached hydrogens (primary N) is 1. The minimum absolute atomic E-state index is 0.0818. The zero-order chi connectivity index (χ0) is 13.1. The summed E-state index contributed by atoms with van der Waals surface area (Å²) < 4.78 is 23.0. The van der Waals surface area contributed by atoms with Gasteiger partial charge in [-0.05, 0) is 17.5 Å². The molecule has 0 radical (unpaired) electrons. The summed E-state index contributed by atoms with van der Waals surface area (Å²) in [5, 5.41) is 14.6. The molecule has 1 aromatic rings. The molecule has 17 heavy (non-hydrogen) atoms. The molecule has 0 aliphatic carbocycles. The Labute approximate surface area is 103 Å². The van der Waals surface area contributed by atoms with Gasteiger partial charge in [-0.3, -0.25) is 0 Å². The highest BCUT2D eigenvalue weighted by molar-refractivity contribution is 7.89. The van der Waals surface area contributed by atoms with Crippen LogP contribution in [0.1, 0.15) is 31.7 Å². The number of aliphatic hydroxyl groups excluding tert-OH is 1. The van der Waals surface area contributed by atoms with Gasteiger partial charge in [0.15, 0.2) is 0 Å². The first kappa shape index (κ1) is 14.2. The Morgan fingerprint density at radius 3 is 2.41 bits per heavy atom. The van der Waals surface area contributed by atoms with Crippen LogP contribution in [0.5, 0.6) is 0 Å². The van der Waals surface area contributed by atoms with Crippen LogP contribution in [0.3, 0.4) is 0 Å². The lowest BCUT2D eigenvalue weighted by Gasteiger charge is -2.23. The molecule has 0 spiro atoms. The van der Waals surface area contributed by atoms with Crippen LogP contribution in [-0.2, 0) is 10.0 Å². The maximum absolute atomic E-state index is 11.5. The third-order valence-corrected chi connectivity index (χ3v) is 4.14. The molecule has 0 saturated carbocycles. The standard InChI is InChI=1S/C12H19NO3S/c1-3-9(2)11(8-14)10-6-4-5-7-12(10)17(13,15)16/h4-7,9,11,14H,3,8H2,1-2H3,(H2,13,15,16)/t9-,11+/m1/s1. The summed E-state index contributed by atoms with van der Waals surface area (Å²) in [5.41, 5.74) is 0.604. The monoisotopic (exact) mass is 257 g/mol. The van der Waals surface area contributed by atoms with Crippen LogP contribution in [0.4, 0.5) is 0 Å². The molecular formula is C12H19NO3S. The van der Waals surface area contributed by atoms with Crippen LogP contribution in [0.2, 0.25) is 0 Å². The van der Waals surface area contributed by atoms with Crippen molar-refractivity contribution in [3.8, 4) is 0 Å². The largest absolute Gasteiger partial charge is 0.396 e. The van der Waals surface area contributed by atoms with Gasteiger partial charge in [0.25, 0.3) is 0 Å². The molecule has 0 amide bonds. The van der Waals surface area contributed by atoms with Crippen LogP contribution in [-0.4, -0.2) is 20.1 Å². The summed E-state index contributed by atoms with van der Waals surface area (Å²) in [5.74, 6) is -0.00238. The molecule has 4 nitrogen and oxygen atoms in total. The van der Waals surface area contributed by atoms with Crippen molar-refractivity contribution in [2.45, 2.75) is 31.1 Å². The fraction of sp³-hybridized carbons (Fsp3) is 0.500. The summed E-state index contributed by atoms with van der Waals surface area (Å²) in [7, 11) is -3.74. The Morgan fingerprint density at radius 2 is 1.94 bits per heavy atom. The third kappa shape index (κ3) is 3.28. The van der Waals surface area contributed by atoms with E-state index in [1.165, 1.54) is 6.07 Å². The van der Waals surface area contributed by atoms with Crippen molar-refractivity contribution in [2.75, 3.05) is 6.61 Å². The van der Waals surface area contributed by atoms with E-state index in [0.717, 1.165) is 6.42 Å². The van der Waals surface area contributed by atoms with Crippen molar-refractivity contribution in [1.29, 1.82) is 0 Å². The SMILES string of the molecule is CC[C@@H](C)[C@H](CO)c1ccccc1S(N)(=O)=O. The van der Waals surface area contributed by atoms with Crippen molar-refractivity contribution in [1.82, 2.24) is 0 Å². The van der Waals surface area contributed by atoms with Gasteiger partial charge in [-0.2, -0.15) is 0 Å². The first-order valence-corrected chi connectivity index (χ1v) is 7.19. The van der Waals surface area contributed by atoms with Gasteiger partial charge in [0, 0.05) is 5.92 Å². The molecule has 0 aliphatic heterocycles. The van der Waals surface area contributed by atoms with Crippen molar-refractivity contribution >= 4 is 10.0 Å². The summed E-state index contributed by atoms with van der Waals surface area (Å²) in [6.07, 6.45) is 0.865. The topological polar surface area (TPSA) is 80.4 Å². The number of hydrogen-bond acceptors (Lipinski definition) is 3. The molecule has 1 aromatic carbocycles. The molecule has 0 aromatic heterocycles. The predicted octanol–water partition coefficient (Wildman–Crippen LogP) is 1.46. The van der Waals surface area contributed by atoms with Gasteiger partial charge in [-0.1, -0.05) is 38.5 Å². The molecule has 0 unspecified atom stereocenters. The molecule has 1 rings (SSSR count). The average molecular weight is 257 g/mol. The molecule has 0 fully saturated rings. The van der Waals surface area contributed by atoms with E-state index >= 15 is 0 Å². The lowest BCUT2D eigenvalue weighted by atomic mass is 9.86. The Kier molecular flexibility index (Phi) is 4.68. The lowest BCUT2D eigenvalue weighted by molar-refractivity contribution is 0.227. The van der Waals surface area contributed by atoms with E-state index < -0.39 is 10.0 Å². The maximum Gasteiger partial charge on any atom is 0.238 e.